The maximum Gasteiger partial charge on any atom is 0.405 e. The summed E-state index contributed by atoms with van der Waals surface area (Å²) >= 11 is 1.73. The van der Waals surface area contributed by atoms with E-state index in [2.05, 4.69) is 0 Å². The fraction of sp³-hybridized carbons (Fsp3) is 0.909. The lowest BCUT2D eigenvalue weighted by Gasteiger charge is -2.23. The van der Waals surface area contributed by atoms with Crippen molar-refractivity contribution in [1.29, 1.82) is 0 Å². The van der Waals surface area contributed by atoms with Crippen molar-refractivity contribution in [3.05, 3.63) is 0 Å². The number of halogens is 3. The molecule has 0 aliphatic carbocycles. The third-order valence-electron chi connectivity index (χ3n) is 2.92. The van der Waals surface area contributed by atoms with Gasteiger partial charge in [0, 0.05) is 0 Å². The molecule has 7 heteroatoms. The van der Waals surface area contributed by atoms with E-state index in [4.69, 9.17) is 0 Å². The molecule has 0 saturated carbocycles. The Hall–Kier alpha value is -0.430. The number of amides is 1. The average Bonchev–Trinajstić information content (AvgIpc) is 2.74. The minimum atomic E-state index is -4.34. The summed E-state index contributed by atoms with van der Waals surface area (Å²) in [6, 6.07) is -0.380. The van der Waals surface area contributed by atoms with Crippen LogP contribution in [0.5, 0.6) is 0 Å². The Morgan fingerprint density at radius 2 is 2.22 bits per heavy atom. The van der Waals surface area contributed by atoms with Gasteiger partial charge >= 0.3 is 6.18 Å². The minimum Gasteiger partial charge on any atom is -0.346 e. The first kappa shape index (κ1) is 15.6. The second-order valence-electron chi connectivity index (χ2n) is 4.37. The summed E-state index contributed by atoms with van der Waals surface area (Å²) in [5.74, 6) is 0.516. The van der Waals surface area contributed by atoms with E-state index in [0.717, 1.165) is 31.7 Å². The molecular formula is C11H19F3N2OS. The second kappa shape index (κ2) is 7.23. The average molecular weight is 284 g/mol. The molecule has 1 N–H and O–H groups in total. The van der Waals surface area contributed by atoms with Gasteiger partial charge in [0.15, 0.2) is 0 Å². The van der Waals surface area contributed by atoms with Crippen LogP contribution in [0.4, 0.5) is 13.2 Å². The molecule has 18 heavy (non-hydrogen) atoms. The number of alkyl halides is 3. The SMILES string of the molecule is CSCCCN1CCC[C@H]1C(=O)NCC(F)(F)F. The van der Waals surface area contributed by atoms with Gasteiger partial charge in [-0.05, 0) is 44.4 Å². The Morgan fingerprint density at radius 1 is 1.50 bits per heavy atom. The van der Waals surface area contributed by atoms with Crippen molar-refractivity contribution in [2.45, 2.75) is 31.5 Å². The molecule has 1 amide bonds. The predicted octanol–water partition coefficient (Wildman–Crippen LogP) is 1.88. The van der Waals surface area contributed by atoms with E-state index in [-0.39, 0.29) is 6.04 Å². The van der Waals surface area contributed by atoms with Gasteiger partial charge in [0.25, 0.3) is 0 Å². The Kier molecular flexibility index (Phi) is 6.28. The van der Waals surface area contributed by atoms with E-state index >= 15 is 0 Å². The highest BCUT2D eigenvalue weighted by Gasteiger charge is 2.33. The standard InChI is InChI=1S/C11H19F3N2OS/c1-18-7-3-6-16-5-2-4-9(16)10(17)15-8-11(12,13)14/h9H,2-8H2,1H3,(H,15,17)/t9-/m0/s1. The van der Waals surface area contributed by atoms with Crippen LogP contribution in [0.25, 0.3) is 0 Å². The third-order valence-corrected chi connectivity index (χ3v) is 3.62. The highest BCUT2D eigenvalue weighted by atomic mass is 32.2. The molecule has 0 bridgehead atoms. The van der Waals surface area contributed by atoms with E-state index in [1.807, 2.05) is 16.5 Å². The molecule has 1 atom stereocenters. The summed E-state index contributed by atoms with van der Waals surface area (Å²) in [5, 5.41) is 1.97. The Balaban J connectivity index is 2.36. The molecule has 1 heterocycles. The lowest BCUT2D eigenvalue weighted by Crippen LogP contribution is -2.46. The number of hydrogen-bond acceptors (Lipinski definition) is 3. The summed E-state index contributed by atoms with van der Waals surface area (Å²) in [6.45, 7) is 0.352. The van der Waals surface area contributed by atoms with Gasteiger partial charge in [-0.2, -0.15) is 24.9 Å². The molecule has 3 nitrogen and oxygen atoms in total. The van der Waals surface area contributed by atoms with Crippen molar-refractivity contribution in [1.82, 2.24) is 10.2 Å². The zero-order valence-electron chi connectivity index (χ0n) is 10.4. The van der Waals surface area contributed by atoms with Gasteiger partial charge in [0.1, 0.15) is 6.54 Å². The smallest absolute Gasteiger partial charge is 0.346 e. The number of carbonyl (C=O) groups is 1. The first-order valence-electron chi connectivity index (χ1n) is 6.01. The number of nitrogens with one attached hydrogen (secondary N) is 1. The molecule has 1 saturated heterocycles. The molecule has 0 aromatic carbocycles. The van der Waals surface area contributed by atoms with Crippen LogP contribution >= 0.6 is 11.8 Å². The summed E-state index contributed by atoms with van der Waals surface area (Å²) in [6.07, 6.45) is 0.173. The highest BCUT2D eigenvalue weighted by Crippen LogP contribution is 2.19. The number of hydrogen-bond donors (Lipinski definition) is 1. The van der Waals surface area contributed by atoms with Crippen LogP contribution in [0.2, 0.25) is 0 Å². The van der Waals surface area contributed by atoms with Crippen molar-refractivity contribution in [2.75, 3.05) is 31.6 Å². The van der Waals surface area contributed by atoms with Gasteiger partial charge in [-0.15, -0.1) is 0 Å². The van der Waals surface area contributed by atoms with Crippen molar-refractivity contribution in [3.8, 4) is 0 Å². The first-order valence-corrected chi connectivity index (χ1v) is 7.41. The normalized spacial score (nSPS) is 21.2. The molecule has 106 valence electrons. The quantitative estimate of drug-likeness (QED) is 0.756. The van der Waals surface area contributed by atoms with Gasteiger partial charge in [-0.1, -0.05) is 0 Å². The molecule has 0 aromatic heterocycles. The Bertz CT molecular complexity index is 274. The minimum absolute atomic E-state index is 0.380. The molecule has 0 radical (unpaired) electrons. The maximum atomic E-state index is 12.0. The summed E-state index contributed by atoms with van der Waals surface area (Å²) in [4.78, 5) is 13.7. The fourth-order valence-electron chi connectivity index (χ4n) is 2.11. The fourth-order valence-corrected chi connectivity index (χ4v) is 2.53. The molecule has 1 aliphatic heterocycles. The summed E-state index contributed by atoms with van der Waals surface area (Å²) in [5.41, 5.74) is 0. The van der Waals surface area contributed by atoms with E-state index in [9.17, 15) is 18.0 Å². The largest absolute Gasteiger partial charge is 0.405 e. The topological polar surface area (TPSA) is 32.3 Å². The molecule has 1 rings (SSSR count). The zero-order chi connectivity index (χ0) is 13.6. The molecule has 1 aliphatic rings. The third kappa shape index (κ3) is 5.48. The van der Waals surface area contributed by atoms with E-state index in [0.29, 0.717) is 6.42 Å². The van der Waals surface area contributed by atoms with Crippen LogP contribution in [0.1, 0.15) is 19.3 Å². The van der Waals surface area contributed by atoms with E-state index < -0.39 is 18.6 Å². The zero-order valence-corrected chi connectivity index (χ0v) is 11.2. The summed E-state index contributed by atoms with van der Waals surface area (Å²) < 4.78 is 36.1. The van der Waals surface area contributed by atoms with Crippen molar-refractivity contribution in [2.24, 2.45) is 0 Å². The van der Waals surface area contributed by atoms with Gasteiger partial charge in [-0.3, -0.25) is 9.69 Å². The van der Waals surface area contributed by atoms with Gasteiger partial charge in [0.05, 0.1) is 6.04 Å². The molecular weight excluding hydrogens is 265 g/mol. The summed E-state index contributed by atoms with van der Waals surface area (Å²) in [7, 11) is 0. The monoisotopic (exact) mass is 284 g/mol. The maximum absolute atomic E-state index is 12.0. The van der Waals surface area contributed by atoms with Crippen LogP contribution in [0.3, 0.4) is 0 Å². The van der Waals surface area contributed by atoms with Gasteiger partial charge in [-0.25, -0.2) is 0 Å². The van der Waals surface area contributed by atoms with Gasteiger partial charge in [0.2, 0.25) is 5.91 Å². The number of rotatable bonds is 6. The van der Waals surface area contributed by atoms with Gasteiger partial charge < -0.3 is 5.32 Å². The van der Waals surface area contributed by atoms with Crippen LogP contribution in [-0.2, 0) is 4.79 Å². The predicted molar refractivity (Wildman–Crippen MR) is 66.7 cm³/mol. The van der Waals surface area contributed by atoms with Crippen LogP contribution in [0.15, 0.2) is 0 Å². The molecule has 0 unspecified atom stereocenters. The van der Waals surface area contributed by atoms with Crippen molar-refractivity contribution >= 4 is 17.7 Å². The number of thioether (sulfide) groups is 1. The lowest BCUT2D eigenvalue weighted by molar-refractivity contribution is -0.141. The number of likely N-dealkylation sites (tertiary alicyclic amines) is 1. The number of nitrogens with zero attached hydrogens (tertiary/aromatic N) is 1. The van der Waals surface area contributed by atoms with E-state index in [1.165, 1.54) is 0 Å². The van der Waals surface area contributed by atoms with Crippen LogP contribution in [0, 0.1) is 0 Å². The molecule has 1 fully saturated rings. The van der Waals surface area contributed by atoms with Crippen molar-refractivity contribution in [3.63, 3.8) is 0 Å². The van der Waals surface area contributed by atoms with Crippen LogP contribution in [-0.4, -0.2) is 54.7 Å². The van der Waals surface area contributed by atoms with E-state index in [1.54, 1.807) is 11.8 Å². The highest BCUT2D eigenvalue weighted by molar-refractivity contribution is 7.98. The molecule has 0 aromatic rings. The Labute approximate surface area is 109 Å². The second-order valence-corrected chi connectivity index (χ2v) is 5.36. The Morgan fingerprint density at radius 3 is 2.83 bits per heavy atom. The van der Waals surface area contributed by atoms with Crippen molar-refractivity contribution < 1.29 is 18.0 Å². The molecule has 0 spiro atoms. The number of carbonyl (C=O) groups excluding carboxylic acids is 1. The van der Waals surface area contributed by atoms with Crippen LogP contribution < -0.4 is 5.32 Å². The first-order chi connectivity index (χ1) is 8.44. The lowest BCUT2D eigenvalue weighted by atomic mass is 10.2.